The van der Waals surface area contributed by atoms with Crippen molar-refractivity contribution in [1.29, 1.82) is 0 Å². The number of tetrazole rings is 1. The second kappa shape index (κ2) is 7.27. The molecule has 2 aromatic heterocycles. The normalized spacial score (nSPS) is 16.6. The summed E-state index contributed by atoms with van der Waals surface area (Å²) in [4.78, 5) is 37.3. The highest BCUT2D eigenvalue weighted by Crippen LogP contribution is 2.27. The lowest BCUT2D eigenvalue weighted by molar-refractivity contribution is -0.135. The monoisotopic (exact) mass is 422 g/mol. The molecule has 2 aromatic carbocycles. The molecule has 1 aliphatic rings. The first-order chi connectivity index (χ1) is 15.0. The van der Waals surface area contributed by atoms with Gasteiger partial charge in [0.05, 0.1) is 6.54 Å². The summed E-state index contributed by atoms with van der Waals surface area (Å²) in [5, 5.41) is 14.4. The van der Waals surface area contributed by atoms with Crippen LogP contribution >= 0.6 is 0 Å². The molecular formula is C20H15FN6O4. The molecule has 0 radical (unpaired) electrons. The van der Waals surface area contributed by atoms with Crippen LogP contribution in [0, 0.1) is 5.82 Å². The zero-order valence-electron chi connectivity index (χ0n) is 16.0. The first-order valence-corrected chi connectivity index (χ1v) is 9.50. The van der Waals surface area contributed by atoms with Crippen molar-refractivity contribution in [3.8, 4) is 11.4 Å². The van der Waals surface area contributed by atoms with Crippen LogP contribution in [-0.4, -0.2) is 36.6 Å². The van der Waals surface area contributed by atoms with Gasteiger partial charge in [-0.25, -0.2) is 9.18 Å². The fourth-order valence-electron chi connectivity index (χ4n) is 3.63. The molecule has 0 aliphatic carbocycles. The molecule has 5 rings (SSSR count). The average molecular weight is 422 g/mol. The highest BCUT2D eigenvalue weighted by Gasteiger charge is 2.32. The standard InChI is InChI=1S/C20H15FN6O4/c21-16-12(10-26-24-18(23-25-26)11-4-2-1-3-5-11)6-8-14-17(16)27(20(30)31-14)13-7-9-15(28)22-19(13)29/h1-6,8,13H,7,9-10H2,(H,22,28,29). The first-order valence-electron chi connectivity index (χ1n) is 9.50. The molecule has 1 fully saturated rings. The Morgan fingerprint density at radius 1 is 1.13 bits per heavy atom. The van der Waals surface area contributed by atoms with Gasteiger partial charge >= 0.3 is 5.76 Å². The number of carbonyl (C=O) groups is 2. The van der Waals surface area contributed by atoms with E-state index < -0.39 is 29.4 Å². The second-order valence-corrected chi connectivity index (χ2v) is 7.10. The molecule has 0 bridgehead atoms. The lowest BCUT2D eigenvalue weighted by atomic mass is 10.1. The molecule has 11 heteroatoms. The Morgan fingerprint density at radius 2 is 1.94 bits per heavy atom. The van der Waals surface area contributed by atoms with Crippen LogP contribution in [0.3, 0.4) is 0 Å². The molecule has 2 amide bonds. The van der Waals surface area contributed by atoms with Gasteiger partial charge in [-0.2, -0.15) is 4.80 Å². The number of amides is 2. The Balaban J connectivity index is 1.52. The lowest BCUT2D eigenvalue weighted by Gasteiger charge is -2.21. The van der Waals surface area contributed by atoms with E-state index in [-0.39, 0.29) is 36.0 Å². The van der Waals surface area contributed by atoms with Crippen LogP contribution in [0.4, 0.5) is 4.39 Å². The third-order valence-corrected chi connectivity index (χ3v) is 5.11. The largest absolute Gasteiger partial charge is 0.420 e. The molecule has 1 aliphatic heterocycles. The van der Waals surface area contributed by atoms with Crippen molar-refractivity contribution in [2.24, 2.45) is 0 Å². The van der Waals surface area contributed by atoms with Crippen LogP contribution in [-0.2, 0) is 16.1 Å². The van der Waals surface area contributed by atoms with E-state index in [2.05, 4.69) is 20.7 Å². The predicted molar refractivity (Wildman–Crippen MR) is 104 cm³/mol. The smallest absolute Gasteiger partial charge is 0.408 e. The molecule has 31 heavy (non-hydrogen) atoms. The number of aromatic nitrogens is 5. The maximum absolute atomic E-state index is 15.4. The summed E-state index contributed by atoms with van der Waals surface area (Å²) in [6, 6.07) is 11.1. The molecule has 1 unspecified atom stereocenters. The summed E-state index contributed by atoms with van der Waals surface area (Å²) in [6.07, 6.45) is 0.121. The molecule has 3 heterocycles. The predicted octanol–water partition coefficient (Wildman–Crippen LogP) is 1.41. The Kier molecular flexibility index (Phi) is 4.42. The molecule has 156 valence electrons. The van der Waals surface area contributed by atoms with E-state index in [1.54, 1.807) is 0 Å². The van der Waals surface area contributed by atoms with Crippen molar-refractivity contribution in [2.75, 3.05) is 0 Å². The van der Waals surface area contributed by atoms with Crippen molar-refractivity contribution in [1.82, 2.24) is 30.1 Å². The fourth-order valence-corrected chi connectivity index (χ4v) is 3.63. The van der Waals surface area contributed by atoms with Crippen molar-refractivity contribution in [3.63, 3.8) is 0 Å². The topological polar surface area (TPSA) is 125 Å². The Morgan fingerprint density at radius 3 is 2.71 bits per heavy atom. The number of rotatable bonds is 4. The Labute approximate surface area is 173 Å². The van der Waals surface area contributed by atoms with Gasteiger partial charge in [0.25, 0.3) is 0 Å². The number of hydrogen-bond acceptors (Lipinski definition) is 7. The maximum atomic E-state index is 15.4. The summed E-state index contributed by atoms with van der Waals surface area (Å²) >= 11 is 0. The minimum Gasteiger partial charge on any atom is -0.408 e. The third-order valence-electron chi connectivity index (χ3n) is 5.11. The number of piperidine rings is 1. The highest BCUT2D eigenvalue weighted by atomic mass is 19.1. The van der Waals surface area contributed by atoms with E-state index in [4.69, 9.17) is 4.42 Å². The molecule has 1 atom stereocenters. The number of carbonyl (C=O) groups excluding carboxylic acids is 2. The van der Waals surface area contributed by atoms with Gasteiger partial charge in [0, 0.05) is 17.5 Å². The first kappa shape index (κ1) is 18.9. The minimum absolute atomic E-state index is 0.00692. The van der Waals surface area contributed by atoms with E-state index in [0.29, 0.717) is 5.82 Å². The Bertz CT molecular complexity index is 1370. The molecular weight excluding hydrogens is 407 g/mol. The summed E-state index contributed by atoms with van der Waals surface area (Å²) in [6.45, 7) is -0.0453. The van der Waals surface area contributed by atoms with Crippen molar-refractivity contribution >= 4 is 22.9 Å². The highest BCUT2D eigenvalue weighted by molar-refractivity contribution is 6.00. The van der Waals surface area contributed by atoms with Crippen LogP contribution in [0.5, 0.6) is 0 Å². The number of imide groups is 1. The minimum atomic E-state index is -1.04. The van der Waals surface area contributed by atoms with Gasteiger partial charge in [0.15, 0.2) is 11.4 Å². The number of oxazole rings is 1. The van der Waals surface area contributed by atoms with Crippen LogP contribution in [0.1, 0.15) is 24.4 Å². The maximum Gasteiger partial charge on any atom is 0.420 e. The van der Waals surface area contributed by atoms with Crippen molar-refractivity contribution < 1.29 is 18.4 Å². The summed E-state index contributed by atoms with van der Waals surface area (Å²) in [5.74, 6) is -2.31. The quantitative estimate of drug-likeness (QED) is 0.493. The van der Waals surface area contributed by atoms with E-state index >= 15 is 4.39 Å². The molecule has 0 spiro atoms. The molecule has 1 saturated heterocycles. The summed E-state index contributed by atoms with van der Waals surface area (Å²) in [5.41, 5.74) is 0.824. The van der Waals surface area contributed by atoms with Crippen molar-refractivity contribution in [2.45, 2.75) is 25.4 Å². The van der Waals surface area contributed by atoms with Gasteiger partial charge in [-0.1, -0.05) is 36.4 Å². The van der Waals surface area contributed by atoms with Gasteiger partial charge < -0.3 is 4.42 Å². The third kappa shape index (κ3) is 3.29. The van der Waals surface area contributed by atoms with E-state index in [9.17, 15) is 14.4 Å². The van der Waals surface area contributed by atoms with Gasteiger partial charge in [-0.15, -0.1) is 10.2 Å². The zero-order valence-corrected chi connectivity index (χ0v) is 16.0. The number of benzene rings is 2. The second-order valence-electron chi connectivity index (χ2n) is 7.10. The number of nitrogens with one attached hydrogen (secondary N) is 1. The molecule has 10 nitrogen and oxygen atoms in total. The van der Waals surface area contributed by atoms with Crippen molar-refractivity contribution in [3.05, 3.63) is 64.4 Å². The molecule has 0 saturated carbocycles. The summed E-state index contributed by atoms with van der Waals surface area (Å²) in [7, 11) is 0. The number of halogens is 1. The van der Waals surface area contributed by atoms with Gasteiger partial charge in [-0.3, -0.25) is 19.5 Å². The van der Waals surface area contributed by atoms with E-state index in [1.807, 2.05) is 30.3 Å². The van der Waals surface area contributed by atoms with Crippen LogP contribution in [0.15, 0.2) is 51.7 Å². The average Bonchev–Trinajstić information content (AvgIpc) is 3.35. The zero-order chi connectivity index (χ0) is 21.5. The lowest BCUT2D eigenvalue weighted by Crippen LogP contribution is -2.43. The number of nitrogens with zero attached hydrogens (tertiary/aromatic N) is 5. The molecule has 4 aromatic rings. The van der Waals surface area contributed by atoms with E-state index in [1.165, 1.54) is 16.9 Å². The van der Waals surface area contributed by atoms with Gasteiger partial charge in [0.1, 0.15) is 11.6 Å². The van der Waals surface area contributed by atoms with Gasteiger partial charge in [0.2, 0.25) is 17.6 Å². The van der Waals surface area contributed by atoms with Gasteiger partial charge in [-0.05, 0) is 17.7 Å². The SMILES string of the molecule is O=C1CCC(n2c(=O)oc3ccc(Cn4nnc(-c5ccccc5)n4)c(F)c32)C(=O)N1. The fraction of sp³-hybridized carbons (Fsp3) is 0.200. The number of hydrogen-bond donors (Lipinski definition) is 1. The number of fused-ring (bicyclic) bond motifs is 1. The van der Waals surface area contributed by atoms with Crippen LogP contribution in [0.25, 0.3) is 22.5 Å². The van der Waals surface area contributed by atoms with Crippen LogP contribution < -0.4 is 11.1 Å². The van der Waals surface area contributed by atoms with E-state index in [0.717, 1.165) is 10.1 Å². The summed E-state index contributed by atoms with van der Waals surface area (Å²) < 4.78 is 21.5. The molecule has 1 N–H and O–H groups in total. The Hall–Kier alpha value is -4.15. The van der Waals surface area contributed by atoms with Crippen LogP contribution in [0.2, 0.25) is 0 Å².